The number of nitrogens with zero attached hydrogens (tertiary/aromatic N) is 3. The van der Waals surface area contributed by atoms with Crippen molar-refractivity contribution in [1.82, 2.24) is 9.66 Å². The van der Waals surface area contributed by atoms with Crippen molar-refractivity contribution >= 4 is 33.0 Å². The number of aromatic nitrogens is 2. The summed E-state index contributed by atoms with van der Waals surface area (Å²) in [4.78, 5) is 17.3. The molecule has 1 aromatic heterocycles. The van der Waals surface area contributed by atoms with Crippen molar-refractivity contribution < 1.29 is 4.39 Å². The lowest BCUT2D eigenvalue weighted by Gasteiger charge is -2.08. The summed E-state index contributed by atoms with van der Waals surface area (Å²) in [5, 5.41) is 4.74. The third-order valence-electron chi connectivity index (χ3n) is 3.52. The first-order chi connectivity index (χ1) is 11.6. The van der Waals surface area contributed by atoms with Gasteiger partial charge in [0.1, 0.15) is 11.6 Å². The molecule has 1 heterocycles. The van der Waals surface area contributed by atoms with Gasteiger partial charge in [-0.15, -0.1) is 0 Å². The van der Waals surface area contributed by atoms with Gasteiger partial charge < -0.3 is 0 Å². The van der Waals surface area contributed by atoms with Gasteiger partial charge in [-0.2, -0.15) is 9.78 Å². The molecule has 0 amide bonds. The summed E-state index contributed by atoms with van der Waals surface area (Å²) in [6.45, 7) is 2.01. The Morgan fingerprint density at radius 3 is 2.88 bits per heavy atom. The van der Waals surface area contributed by atoms with Gasteiger partial charge in [0.15, 0.2) is 0 Å². The van der Waals surface area contributed by atoms with Crippen LogP contribution in [0.1, 0.15) is 24.7 Å². The molecule has 0 unspecified atom stereocenters. The van der Waals surface area contributed by atoms with Crippen LogP contribution >= 0.6 is 15.9 Å². The van der Waals surface area contributed by atoms with Crippen LogP contribution in [0, 0.1) is 5.82 Å². The molecule has 0 saturated heterocycles. The standard InChI is InChI=1S/C18H15BrFN3O/c1-2-4-17-22-16-8-7-13(19)10-15(16)18(24)23(17)21-11-12-5-3-6-14(20)9-12/h3,5-11H,2,4H2,1H3. The van der Waals surface area contributed by atoms with E-state index in [2.05, 4.69) is 26.0 Å². The molecule has 0 aliphatic rings. The monoisotopic (exact) mass is 387 g/mol. The number of aryl methyl sites for hydroxylation is 1. The van der Waals surface area contributed by atoms with Crippen molar-refractivity contribution in [2.24, 2.45) is 5.10 Å². The maximum absolute atomic E-state index is 13.3. The molecule has 0 saturated carbocycles. The summed E-state index contributed by atoms with van der Waals surface area (Å²) in [6.07, 6.45) is 2.93. The predicted molar refractivity (Wildman–Crippen MR) is 97.1 cm³/mol. The van der Waals surface area contributed by atoms with E-state index in [9.17, 15) is 9.18 Å². The van der Waals surface area contributed by atoms with E-state index in [-0.39, 0.29) is 11.4 Å². The summed E-state index contributed by atoms with van der Waals surface area (Å²) in [6, 6.07) is 11.4. The van der Waals surface area contributed by atoms with Crippen molar-refractivity contribution in [3.05, 3.63) is 74.5 Å². The maximum Gasteiger partial charge on any atom is 0.282 e. The van der Waals surface area contributed by atoms with Gasteiger partial charge in [-0.1, -0.05) is 35.0 Å². The molecule has 0 aliphatic carbocycles. The summed E-state index contributed by atoms with van der Waals surface area (Å²) in [5.41, 5.74) is 0.986. The molecule has 3 rings (SSSR count). The van der Waals surface area contributed by atoms with E-state index >= 15 is 0 Å². The van der Waals surface area contributed by atoms with E-state index in [1.807, 2.05) is 13.0 Å². The minimum atomic E-state index is -0.347. The number of hydrogen-bond donors (Lipinski definition) is 0. The van der Waals surface area contributed by atoms with Crippen molar-refractivity contribution in [2.75, 3.05) is 0 Å². The average Bonchev–Trinajstić information content (AvgIpc) is 2.56. The Hall–Kier alpha value is -2.34. The van der Waals surface area contributed by atoms with Crippen LogP contribution in [0.4, 0.5) is 4.39 Å². The Labute approximate surface area is 146 Å². The second-order valence-corrected chi connectivity index (χ2v) is 6.27. The predicted octanol–water partition coefficient (Wildman–Crippen LogP) is 4.13. The highest BCUT2D eigenvalue weighted by Gasteiger charge is 2.10. The topological polar surface area (TPSA) is 47.2 Å². The zero-order chi connectivity index (χ0) is 17.1. The second-order valence-electron chi connectivity index (χ2n) is 5.36. The van der Waals surface area contributed by atoms with Gasteiger partial charge in [0.05, 0.1) is 17.1 Å². The van der Waals surface area contributed by atoms with Gasteiger partial charge in [0.2, 0.25) is 0 Å². The van der Waals surface area contributed by atoms with Gasteiger partial charge in [-0.05, 0) is 42.3 Å². The number of rotatable bonds is 4. The first-order valence-corrected chi connectivity index (χ1v) is 8.39. The van der Waals surface area contributed by atoms with Crippen LogP contribution in [0.3, 0.4) is 0 Å². The Bertz CT molecular complexity index is 982. The molecule has 0 bridgehead atoms. The van der Waals surface area contributed by atoms with Crippen molar-refractivity contribution in [1.29, 1.82) is 0 Å². The van der Waals surface area contributed by atoms with E-state index in [1.165, 1.54) is 23.0 Å². The molecule has 24 heavy (non-hydrogen) atoms. The van der Waals surface area contributed by atoms with Crippen LogP contribution in [0.2, 0.25) is 0 Å². The summed E-state index contributed by atoms with van der Waals surface area (Å²) >= 11 is 3.37. The van der Waals surface area contributed by atoms with Crippen LogP contribution in [-0.4, -0.2) is 15.9 Å². The van der Waals surface area contributed by atoms with Crippen molar-refractivity contribution in [2.45, 2.75) is 19.8 Å². The Morgan fingerprint density at radius 1 is 1.29 bits per heavy atom. The van der Waals surface area contributed by atoms with Crippen molar-refractivity contribution in [3.63, 3.8) is 0 Å². The van der Waals surface area contributed by atoms with Crippen LogP contribution in [0.15, 0.2) is 56.8 Å². The molecule has 0 aliphatic heterocycles. The van der Waals surface area contributed by atoms with Gasteiger partial charge in [0, 0.05) is 10.9 Å². The van der Waals surface area contributed by atoms with Crippen molar-refractivity contribution in [3.8, 4) is 0 Å². The second kappa shape index (κ2) is 7.05. The van der Waals surface area contributed by atoms with Gasteiger partial charge >= 0.3 is 0 Å². The molecule has 4 nitrogen and oxygen atoms in total. The van der Waals surface area contributed by atoms with E-state index in [1.54, 1.807) is 24.3 Å². The van der Waals surface area contributed by atoms with Crippen LogP contribution < -0.4 is 5.56 Å². The highest BCUT2D eigenvalue weighted by Crippen LogP contribution is 2.16. The molecule has 0 fully saturated rings. The lowest BCUT2D eigenvalue weighted by atomic mass is 10.2. The molecule has 2 aromatic carbocycles. The molecule has 122 valence electrons. The minimum Gasteiger partial charge on any atom is -0.267 e. The highest BCUT2D eigenvalue weighted by atomic mass is 79.9. The normalized spacial score (nSPS) is 11.5. The van der Waals surface area contributed by atoms with Gasteiger partial charge in [0.25, 0.3) is 5.56 Å². The first kappa shape index (κ1) is 16.5. The zero-order valence-corrected chi connectivity index (χ0v) is 14.6. The number of fused-ring (bicyclic) bond motifs is 1. The fourth-order valence-electron chi connectivity index (χ4n) is 2.41. The lowest BCUT2D eigenvalue weighted by molar-refractivity contribution is 0.627. The zero-order valence-electron chi connectivity index (χ0n) is 13.0. The Balaban J connectivity index is 2.15. The fourth-order valence-corrected chi connectivity index (χ4v) is 2.77. The molecule has 0 spiro atoms. The number of hydrogen-bond acceptors (Lipinski definition) is 3. The smallest absolute Gasteiger partial charge is 0.267 e. The fraction of sp³-hybridized carbons (Fsp3) is 0.167. The van der Waals surface area contributed by atoms with E-state index in [4.69, 9.17) is 0 Å². The van der Waals surface area contributed by atoms with Crippen LogP contribution in [0.5, 0.6) is 0 Å². The largest absolute Gasteiger partial charge is 0.282 e. The summed E-state index contributed by atoms with van der Waals surface area (Å²) < 4.78 is 15.4. The highest BCUT2D eigenvalue weighted by molar-refractivity contribution is 9.10. The molecule has 0 atom stereocenters. The molecule has 0 radical (unpaired) electrons. The molecular formula is C18H15BrFN3O. The van der Waals surface area contributed by atoms with Crippen LogP contribution in [0.25, 0.3) is 10.9 Å². The maximum atomic E-state index is 13.3. The Morgan fingerprint density at radius 2 is 2.12 bits per heavy atom. The quantitative estimate of drug-likeness (QED) is 0.631. The van der Waals surface area contributed by atoms with E-state index in [0.717, 1.165) is 10.9 Å². The third-order valence-corrected chi connectivity index (χ3v) is 4.01. The first-order valence-electron chi connectivity index (χ1n) is 7.59. The molecule has 0 N–H and O–H groups in total. The van der Waals surface area contributed by atoms with E-state index < -0.39 is 0 Å². The lowest BCUT2D eigenvalue weighted by Crippen LogP contribution is -2.22. The molecule has 6 heteroatoms. The van der Waals surface area contributed by atoms with Crippen LogP contribution in [-0.2, 0) is 6.42 Å². The molecule has 3 aromatic rings. The SMILES string of the molecule is CCCc1nc2ccc(Br)cc2c(=O)n1N=Cc1cccc(F)c1. The summed E-state index contributed by atoms with van der Waals surface area (Å²) in [7, 11) is 0. The number of halogens is 2. The average molecular weight is 388 g/mol. The Kier molecular flexibility index (Phi) is 4.85. The number of benzene rings is 2. The third kappa shape index (κ3) is 3.43. The molecular weight excluding hydrogens is 373 g/mol. The summed E-state index contributed by atoms with van der Waals surface area (Å²) in [5.74, 6) is 0.241. The minimum absolute atomic E-state index is 0.239. The van der Waals surface area contributed by atoms with E-state index in [0.29, 0.717) is 28.7 Å². The van der Waals surface area contributed by atoms with Gasteiger partial charge in [-0.3, -0.25) is 4.79 Å². The van der Waals surface area contributed by atoms with Gasteiger partial charge in [-0.25, -0.2) is 9.37 Å².